The van der Waals surface area contributed by atoms with Crippen LogP contribution in [0.1, 0.15) is 40.9 Å². The van der Waals surface area contributed by atoms with Crippen molar-refractivity contribution in [3.63, 3.8) is 0 Å². The summed E-state index contributed by atoms with van der Waals surface area (Å²) >= 11 is 0. The zero-order chi connectivity index (χ0) is 22.7. The fourth-order valence-corrected chi connectivity index (χ4v) is 4.81. The number of likely N-dealkylation sites (N-methyl/N-ethyl adjacent to an activating group) is 1. The van der Waals surface area contributed by atoms with Gasteiger partial charge in [-0.05, 0) is 92.2 Å². The predicted octanol–water partition coefficient (Wildman–Crippen LogP) is 4.87. The van der Waals surface area contributed by atoms with Crippen molar-refractivity contribution < 1.29 is 13.9 Å². The minimum absolute atomic E-state index is 0.158. The fraction of sp³-hybridized carbons (Fsp3) is 0.192. The second kappa shape index (κ2) is 6.93. The van der Waals surface area contributed by atoms with E-state index in [0.717, 1.165) is 22.5 Å². The van der Waals surface area contributed by atoms with Gasteiger partial charge in [-0.2, -0.15) is 0 Å². The van der Waals surface area contributed by atoms with Gasteiger partial charge in [-0.1, -0.05) is 0 Å². The van der Waals surface area contributed by atoms with Crippen LogP contribution in [0.5, 0.6) is 5.75 Å². The number of hydrogen-bond donors (Lipinski definition) is 2. The van der Waals surface area contributed by atoms with Crippen LogP contribution in [0.15, 0.2) is 66.7 Å². The van der Waals surface area contributed by atoms with Crippen LogP contribution in [0.3, 0.4) is 0 Å². The van der Waals surface area contributed by atoms with Crippen molar-refractivity contribution >= 4 is 23.2 Å². The number of ether oxygens (including phenoxy) is 1. The summed E-state index contributed by atoms with van der Waals surface area (Å²) in [5.41, 5.74) is 6.47. The molecule has 0 aliphatic carbocycles. The topological polar surface area (TPSA) is 67.6 Å². The van der Waals surface area contributed by atoms with E-state index in [2.05, 4.69) is 36.3 Å². The number of nitrogens with zero attached hydrogens (tertiary/aromatic N) is 1. The molecule has 0 amide bonds. The van der Waals surface area contributed by atoms with Crippen molar-refractivity contribution in [1.29, 1.82) is 0 Å². The van der Waals surface area contributed by atoms with Crippen molar-refractivity contribution in [2.24, 2.45) is 5.84 Å². The van der Waals surface area contributed by atoms with Gasteiger partial charge in [0.15, 0.2) is 5.78 Å². The molecule has 1 spiro atoms. The number of benzene rings is 3. The van der Waals surface area contributed by atoms with Crippen molar-refractivity contribution in [3.8, 4) is 5.75 Å². The first-order valence-electron chi connectivity index (χ1n) is 10.4. The van der Waals surface area contributed by atoms with Gasteiger partial charge in [-0.3, -0.25) is 10.6 Å². The highest BCUT2D eigenvalue weighted by Gasteiger charge is 2.57. The minimum atomic E-state index is -0.724. The highest BCUT2D eigenvalue weighted by molar-refractivity contribution is 6.09. The van der Waals surface area contributed by atoms with Crippen molar-refractivity contribution in [1.82, 2.24) is 0 Å². The highest BCUT2D eigenvalue weighted by Crippen LogP contribution is 2.54. The Labute approximate surface area is 186 Å². The Bertz CT molecular complexity index is 1270. The van der Waals surface area contributed by atoms with E-state index < -0.39 is 5.72 Å². The number of anilines is 2. The summed E-state index contributed by atoms with van der Waals surface area (Å²) in [5.74, 6) is 5.81. The number of hydrogen-bond acceptors (Lipinski definition) is 5. The third-order valence-corrected chi connectivity index (χ3v) is 6.72. The smallest absolute Gasteiger partial charge is 0.211 e. The Hall–Kier alpha value is -3.64. The lowest BCUT2D eigenvalue weighted by atomic mass is 9.76. The zero-order valence-electron chi connectivity index (χ0n) is 18.1. The Kier molecular flexibility index (Phi) is 4.39. The predicted molar refractivity (Wildman–Crippen MR) is 124 cm³/mol. The van der Waals surface area contributed by atoms with E-state index in [1.165, 1.54) is 24.3 Å². The van der Waals surface area contributed by atoms with Crippen LogP contribution in [-0.2, 0) is 5.41 Å². The second-order valence-electron chi connectivity index (χ2n) is 8.78. The SMILES string of the molecule is CN1c2ccc(NN)cc2C(C)(C)C12C=Cc1cc(C(=O)c3ccc(F)cc3)ccc1O2. The lowest BCUT2D eigenvalue weighted by Gasteiger charge is -2.45. The maximum Gasteiger partial charge on any atom is 0.211 e. The molecule has 0 bridgehead atoms. The van der Waals surface area contributed by atoms with Crippen molar-refractivity contribution in [3.05, 3.63) is 94.8 Å². The van der Waals surface area contributed by atoms with E-state index in [9.17, 15) is 9.18 Å². The summed E-state index contributed by atoms with van der Waals surface area (Å²) < 4.78 is 19.9. The molecule has 32 heavy (non-hydrogen) atoms. The first-order valence-corrected chi connectivity index (χ1v) is 10.4. The van der Waals surface area contributed by atoms with Crippen molar-refractivity contribution in [2.45, 2.75) is 25.0 Å². The van der Waals surface area contributed by atoms with E-state index in [-0.39, 0.29) is 17.0 Å². The molecule has 5 rings (SSSR count). The standard InChI is InChI=1S/C26H24FN3O2/c1-25(2)21-15-20(29-28)9-10-22(21)30(3)26(25)13-12-17-14-18(6-11-23(17)32-26)24(31)16-4-7-19(27)8-5-16/h4-15,29H,28H2,1-3H3. The number of halogens is 1. The molecule has 0 saturated carbocycles. The lowest BCUT2D eigenvalue weighted by Crippen LogP contribution is -2.58. The quantitative estimate of drug-likeness (QED) is 0.353. The van der Waals surface area contributed by atoms with Gasteiger partial charge < -0.3 is 15.1 Å². The van der Waals surface area contributed by atoms with Gasteiger partial charge in [0.25, 0.3) is 0 Å². The van der Waals surface area contributed by atoms with Crippen LogP contribution >= 0.6 is 0 Å². The Morgan fingerprint density at radius 2 is 1.75 bits per heavy atom. The molecule has 2 aliphatic heterocycles. The van der Waals surface area contributed by atoms with Gasteiger partial charge in [-0.15, -0.1) is 0 Å². The first-order chi connectivity index (χ1) is 15.3. The number of nitrogens with two attached hydrogens (primary N) is 1. The number of fused-ring (bicyclic) bond motifs is 2. The molecular weight excluding hydrogens is 405 g/mol. The number of nitrogen functional groups attached to an aromatic ring is 1. The molecule has 0 radical (unpaired) electrons. The van der Waals surface area contributed by atoms with Gasteiger partial charge in [-0.25, -0.2) is 4.39 Å². The molecule has 5 nitrogen and oxygen atoms in total. The van der Waals surface area contributed by atoms with Crippen LogP contribution in [0.4, 0.5) is 15.8 Å². The molecule has 2 aliphatic rings. The molecule has 3 N–H and O–H groups in total. The molecule has 1 atom stereocenters. The molecular formula is C26H24FN3O2. The summed E-state index contributed by atoms with van der Waals surface area (Å²) in [6.07, 6.45) is 4.06. The molecule has 162 valence electrons. The van der Waals surface area contributed by atoms with Gasteiger partial charge in [0.2, 0.25) is 5.72 Å². The molecule has 6 heteroatoms. The molecule has 3 aromatic carbocycles. The Morgan fingerprint density at radius 1 is 1.03 bits per heavy atom. The minimum Gasteiger partial charge on any atom is -0.463 e. The first kappa shape index (κ1) is 20.3. The normalized spacial score (nSPS) is 20.0. The maximum atomic E-state index is 13.2. The number of carbonyl (C=O) groups excluding carboxylic acids is 1. The van der Waals surface area contributed by atoms with E-state index in [1.807, 2.05) is 37.4 Å². The van der Waals surface area contributed by atoms with Gasteiger partial charge in [0.1, 0.15) is 11.6 Å². The molecule has 2 heterocycles. The number of carbonyl (C=O) groups is 1. The summed E-state index contributed by atoms with van der Waals surface area (Å²) in [6, 6.07) is 17.0. The largest absolute Gasteiger partial charge is 0.463 e. The van der Waals surface area contributed by atoms with Crippen molar-refractivity contribution in [2.75, 3.05) is 17.4 Å². The third-order valence-electron chi connectivity index (χ3n) is 6.72. The van der Waals surface area contributed by atoms with Crippen LogP contribution in [-0.4, -0.2) is 18.6 Å². The van der Waals surface area contributed by atoms with Crippen LogP contribution in [0.2, 0.25) is 0 Å². The average molecular weight is 429 g/mol. The van der Waals surface area contributed by atoms with E-state index in [4.69, 9.17) is 10.6 Å². The van der Waals surface area contributed by atoms with Gasteiger partial charge in [0, 0.05) is 35.1 Å². The van der Waals surface area contributed by atoms with E-state index >= 15 is 0 Å². The molecule has 1 unspecified atom stereocenters. The highest BCUT2D eigenvalue weighted by atomic mass is 19.1. The monoisotopic (exact) mass is 429 g/mol. The number of hydrazine groups is 1. The molecule has 0 saturated heterocycles. The zero-order valence-corrected chi connectivity index (χ0v) is 18.1. The maximum absolute atomic E-state index is 13.2. The average Bonchev–Trinajstić information content (AvgIpc) is 2.96. The van der Waals surface area contributed by atoms with E-state index in [0.29, 0.717) is 16.9 Å². The van der Waals surface area contributed by atoms with Crippen LogP contribution in [0, 0.1) is 5.82 Å². The third kappa shape index (κ3) is 2.76. The number of ketones is 1. The number of rotatable bonds is 3. The Morgan fingerprint density at radius 3 is 2.47 bits per heavy atom. The molecule has 0 fully saturated rings. The van der Waals surface area contributed by atoms with Crippen LogP contribution < -0.4 is 20.9 Å². The summed E-state index contributed by atoms with van der Waals surface area (Å²) in [4.78, 5) is 15.0. The van der Waals surface area contributed by atoms with Gasteiger partial charge >= 0.3 is 0 Å². The molecule has 0 aromatic heterocycles. The second-order valence-corrected chi connectivity index (χ2v) is 8.78. The summed E-state index contributed by atoms with van der Waals surface area (Å²) in [6.45, 7) is 4.30. The van der Waals surface area contributed by atoms with E-state index in [1.54, 1.807) is 6.07 Å². The van der Waals surface area contributed by atoms with Crippen LogP contribution in [0.25, 0.3) is 6.08 Å². The summed E-state index contributed by atoms with van der Waals surface area (Å²) in [5, 5.41) is 0. The lowest BCUT2D eigenvalue weighted by molar-refractivity contribution is 0.0581. The fourth-order valence-electron chi connectivity index (χ4n) is 4.81. The molecule has 3 aromatic rings. The summed E-state index contributed by atoms with van der Waals surface area (Å²) in [7, 11) is 2.02. The Balaban J connectivity index is 1.51. The van der Waals surface area contributed by atoms with Gasteiger partial charge in [0.05, 0.1) is 5.41 Å². The number of nitrogens with one attached hydrogen (secondary N) is 1.